The van der Waals surface area contributed by atoms with Gasteiger partial charge >= 0.3 is 0 Å². The fourth-order valence-electron chi connectivity index (χ4n) is 2.36. The largest absolute Gasteiger partial charge is 0.304 e. The normalized spacial score (nSPS) is 22.1. The molecule has 100 valence electrons. The lowest BCUT2D eigenvalue weighted by molar-refractivity contribution is 0.0909. The van der Waals surface area contributed by atoms with Gasteiger partial charge in [-0.15, -0.1) is 11.3 Å². The number of nitrogens with two attached hydrogens (primary N) is 1. The molecule has 1 aromatic heterocycles. The van der Waals surface area contributed by atoms with Crippen molar-refractivity contribution in [1.29, 1.82) is 0 Å². The highest BCUT2D eigenvalue weighted by molar-refractivity contribution is 7.12. The number of hydrogen-bond acceptors (Lipinski definition) is 5. The van der Waals surface area contributed by atoms with E-state index in [2.05, 4.69) is 29.2 Å². The molecule has 6 heteroatoms. The summed E-state index contributed by atoms with van der Waals surface area (Å²) in [4.78, 5) is 17.1. The minimum absolute atomic E-state index is 0.193. The number of likely N-dealkylation sites (N-methyl/N-ethyl adjacent to an activating group) is 1. The third-order valence-corrected chi connectivity index (χ3v) is 4.38. The smallest absolute Gasteiger partial charge is 0.275 e. The SMILES string of the molecule is CC1CN(C)CCN1Cc1ccsc1C(=O)NN. The standard InChI is InChI=1S/C12H20N4OS/c1-9-7-15(2)4-5-16(9)8-10-3-6-18-11(10)12(17)14-13/h3,6,9H,4-5,7-8,13H2,1-2H3,(H,14,17). The average molecular weight is 268 g/mol. The number of hydrazine groups is 1. The second-order valence-electron chi connectivity index (χ2n) is 4.83. The Morgan fingerprint density at radius 3 is 3.06 bits per heavy atom. The Bertz CT molecular complexity index is 420. The number of nitrogens with one attached hydrogen (secondary N) is 1. The van der Waals surface area contributed by atoms with Crippen LogP contribution in [0.15, 0.2) is 11.4 Å². The molecule has 1 aliphatic rings. The van der Waals surface area contributed by atoms with E-state index < -0.39 is 0 Å². The zero-order chi connectivity index (χ0) is 13.1. The molecule has 1 aliphatic heterocycles. The first kappa shape index (κ1) is 13.5. The summed E-state index contributed by atoms with van der Waals surface area (Å²) in [5, 5.41) is 1.95. The van der Waals surface area contributed by atoms with Crippen LogP contribution < -0.4 is 11.3 Å². The van der Waals surface area contributed by atoms with E-state index in [9.17, 15) is 4.79 Å². The molecular weight excluding hydrogens is 248 g/mol. The van der Waals surface area contributed by atoms with E-state index in [-0.39, 0.29) is 5.91 Å². The first-order valence-electron chi connectivity index (χ1n) is 6.11. The zero-order valence-corrected chi connectivity index (χ0v) is 11.7. The molecule has 1 amide bonds. The number of amides is 1. The first-order valence-corrected chi connectivity index (χ1v) is 6.99. The Labute approximate surface area is 112 Å². The topological polar surface area (TPSA) is 61.6 Å². The molecule has 2 rings (SSSR count). The second kappa shape index (κ2) is 5.79. The summed E-state index contributed by atoms with van der Waals surface area (Å²) in [6, 6.07) is 2.53. The van der Waals surface area contributed by atoms with Crippen LogP contribution in [0, 0.1) is 0 Å². The Balaban J connectivity index is 2.05. The van der Waals surface area contributed by atoms with Crippen LogP contribution in [-0.4, -0.2) is 48.4 Å². The van der Waals surface area contributed by atoms with Gasteiger partial charge in [0.1, 0.15) is 0 Å². The molecule has 1 fully saturated rings. The lowest BCUT2D eigenvalue weighted by atomic mass is 10.1. The molecule has 2 heterocycles. The lowest BCUT2D eigenvalue weighted by Crippen LogP contribution is -2.49. The lowest BCUT2D eigenvalue weighted by Gasteiger charge is -2.38. The van der Waals surface area contributed by atoms with E-state index in [0.717, 1.165) is 36.6 Å². The molecule has 0 bridgehead atoms. The van der Waals surface area contributed by atoms with Gasteiger partial charge in [0.05, 0.1) is 4.88 Å². The van der Waals surface area contributed by atoms with E-state index in [1.807, 2.05) is 11.4 Å². The number of thiophene rings is 1. The minimum Gasteiger partial charge on any atom is -0.304 e. The Kier molecular flexibility index (Phi) is 4.34. The molecule has 3 N–H and O–H groups in total. The number of nitrogen functional groups attached to an aromatic ring is 1. The van der Waals surface area contributed by atoms with Crippen molar-refractivity contribution >= 4 is 17.2 Å². The fraction of sp³-hybridized carbons (Fsp3) is 0.583. The van der Waals surface area contributed by atoms with Gasteiger partial charge in [-0.25, -0.2) is 5.84 Å². The minimum atomic E-state index is -0.193. The van der Waals surface area contributed by atoms with Crippen molar-refractivity contribution in [3.05, 3.63) is 21.9 Å². The number of hydrogen-bond donors (Lipinski definition) is 2. The highest BCUT2D eigenvalue weighted by Gasteiger charge is 2.23. The number of carbonyl (C=O) groups is 1. The van der Waals surface area contributed by atoms with E-state index in [0.29, 0.717) is 6.04 Å². The molecule has 1 aromatic rings. The van der Waals surface area contributed by atoms with Gasteiger partial charge in [0.15, 0.2) is 0 Å². The molecule has 0 saturated carbocycles. The van der Waals surface area contributed by atoms with E-state index in [4.69, 9.17) is 5.84 Å². The first-order chi connectivity index (χ1) is 8.61. The van der Waals surface area contributed by atoms with Crippen molar-refractivity contribution in [1.82, 2.24) is 15.2 Å². The molecule has 0 aromatic carbocycles. The van der Waals surface area contributed by atoms with Crippen molar-refractivity contribution in [3.63, 3.8) is 0 Å². The van der Waals surface area contributed by atoms with Crippen LogP contribution in [0.2, 0.25) is 0 Å². The second-order valence-corrected chi connectivity index (χ2v) is 5.75. The number of carbonyl (C=O) groups excluding carboxylic acids is 1. The number of rotatable bonds is 3. The van der Waals surface area contributed by atoms with Crippen LogP contribution >= 0.6 is 11.3 Å². The summed E-state index contributed by atoms with van der Waals surface area (Å²) in [7, 11) is 2.14. The van der Waals surface area contributed by atoms with E-state index >= 15 is 0 Å². The maximum absolute atomic E-state index is 11.6. The number of piperazine rings is 1. The molecule has 18 heavy (non-hydrogen) atoms. The van der Waals surface area contributed by atoms with Gasteiger partial charge in [-0.3, -0.25) is 15.1 Å². The van der Waals surface area contributed by atoms with Gasteiger partial charge in [-0.2, -0.15) is 0 Å². The Hall–Kier alpha value is -0.950. The van der Waals surface area contributed by atoms with Crippen LogP contribution in [0.5, 0.6) is 0 Å². The zero-order valence-electron chi connectivity index (χ0n) is 10.8. The Morgan fingerprint density at radius 2 is 2.39 bits per heavy atom. The van der Waals surface area contributed by atoms with Crippen molar-refractivity contribution in [2.45, 2.75) is 19.5 Å². The van der Waals surface area contributed by atoms with Gasteiger partial charge in [-0.05, 0) is 31.0 Å². The monoisotopic (exact) mass is 268 g/mol. The van der Waals surface area contributed by atoms with Gasteiger partial charge in [0.2, 0.25) is 0 Å². The molecule has 1 saturated heterocycles. The molecule has 1 atom stereocenters. The summed E-state index contributed by atoms with van der Waals surface area (Å²) < 4.78 is 0. The van der Waals surface area contributed by atoms with E-state index in [1.54, 1.807) is 0 Å². The summed E-state index contributed by atoms with van der Waals surface area (Å²) in [6.07, 6.45) is 0. The molecule has 1 unspecified atom stereocenters. The maximum Gasteiger partial charge on any atom is 0.275 e. The van der Waals surface area contributed by atoms with Crippen LogP contribution in [0.25, 0.3) is 0 Å². The number of nitrogens with zero attached hydrogens (tertiary/aromatic N) is 2. The Morgan fingerprint density at radius 1 is 1.61 bits per heavy atom. The summed E-state index contributed by atoms with van der Waals surface area (Å²) in [5.41, 5.74) is 3.28. The van der Waals surface area contributed by atoms with Crippen LogP contribution in [0.4, 0.5) is 0 Å². The van der Waals surface area contributed by atoms with E-state index in [1.165, 1.54) is 11.3 Å². The third-order valence-electron chi connectivity index (χ3n) is 3.43. The van der Waals surface area contributed by atoms with Crippen molar-refractivity contribution < 1.29 is 4.79 Å². The predicted molar refractivity (Wildman–Crippen MR) is 73.3 cm³/mol. The molecule has 0 aliphatic carbocycles. The van der Waals surface area contributed by atoms with Crippen molar-refractivity contribution in [2.75, 3.05) is 26.7 Å². The predicted octanol–water partition coefficient (Wildman–Crippen LogP) is 0.488. The van der Waals surface area contributed by atoms with Crippen molar-refractivity contribution in [2.24, 2.45) is 5.84 Å². The third kappa shape index (κ3) is 2.89. The highest BCUT2D eigenvalue weighted by Crippen LogP contribution is 2.20. The molecule has 0 radical (unpaired) electrons. The van der Waals surface area contributed by atoms with Crippen LogP contribution in [-0.2, 0) is 6.54 Å². The fourth-order valence-corrected chi connectivity index (χ4v) is 3.17. The van der Waals surface area contributed by atoms with Gasteiger partial charge < -0.3 is 4.90 Å². The molecule has 0 spiro atoms. The summed E-state index contributed by atoms with van der Waals surface area (Å²) >= 11 is 1.44. The summed E-state index contributed by atoms with van der Waals surface area (Å²) in [6.45, 7) is 6.23. The molecular formula is C12H20N4OS. The van der Waals surface area contributed by atoms with Gasteiger partial charge in [-0.1, -0.05) is 0 Å². The maximum atomic E-state index is 11.6. The quantitative estimate of drug-likeness (QED) is 0.476. The van der Waals surface area contributed by atoms with Crippen LogP contribution in [0.3, 0.4) is 0 Å². The van der Waals surface area contributed by atoms with Crippen molar-refractivity contribution in [3.8, 4) is 0 Å². The van der Waals surface area contributed by atoms with Gasteiger partial charge in [0, 0.05) is 32.2 Å². The van der Waals surface area contributed by atoms with Crippen LogP contribution in [0.1, 0.15) is 22.2 Å². The van der Waals surface area contributed by atoms with Gasteiger partial charge in [0.25, 0.3) is 5.91 Å². The average Bonchev–Trinajstić information content (AvgIpc) is 2.80. The summed E-state index contributed by atoms with van der Waals surface area (Å²) in [5.74, 6) is 5.00. The highest BCUT2D eigenvalue weighted by atomic mass is 32.1. The molecule has 5 nitrogen and oxygen atoms in total.